The van der Waals surface area contributed by atoms with Crippen LogP contribution in [0.1, 0.15) is 42.5 Å². The smallest absolute Gasteiger partial charge is 0.254 e. The van der Waals surface area contributed by atoms with Gasteiger partial charge < -0.3 is 9.72 Å². The Hall–Kier alpha value is -1.98. The molecule has 0 unspecified atom stereocenters. The van der Waals surface area contributed by atoms with E-state index in [1.165, 1.54) is 12.0 Å². The fraction of sp³-hybridized carbons (Fsp3) is 0.524. The third-order valence-corrected chi connectivity index (χ3v) is 5.36. The predicted octanol–water partition coefficient (Wildman–Crippen LogP) is 2.93. The Morgan fingerprint density at radius 1 is 1.08 bits per heavy atom. The first kappa shape index (κ1) is 17.4. The van der Waals surface area contributed by atoms with Crippen molar-refractivity contribution >= 4 is 0 Å². The number of aryl methyl sites for hydroxylation is 1. The molecule has 2 heterocycles. The maximum absolute atomic E-state index is 12.5. The summed E-state index contributed by atoms with van der Waals surface area (Å²) in [5, 5.41) is 0. The average molecular weight is 353 g/mol. The summed E-state index contributed by atoms with van der Waals surface area (Å²) in [6.45, 7) is 4.61. The first-order chi connectivity index (χ1) is 12.8. The van der Waals surface area contributed by atoms with E-state index in [0.717, 1.165) is 81.8 Å². The standard InChI is InChI=1S/C21H27N3O2/c25-21-18-8-2-1-3-9-19(18)22-20(23-21)17-7-4-6-16(14-17)15-24-10-5-12-26-13-11-24/h4,6-7,14H,1-3,5,8-13,15H2,(H,22,23,25). The molecule has 1 fully saturated rings. The van der Waals surface area contributed by atoms with Crippen LogP contribution < -0.4 is 5.56 Å². The van der Waals surface area contributed by atoms with E-state index in [-0.39, 0.29) is 5.56 Å². The van der Waals surface area contributed by atoms with Crippen LogP contribution in [0.3, 0.4) is 0 Å². The van der Waals surface area contributed by atoms with Gasteiger partial charge in [0.2, 0.25) is 0 Å². The molecule has 1 N–H and O–H groups in total. The highest BCUT2D eigenvalue weighted by Gasteiger charge is 2.16. The molecule has 1 aromatic carbocycles. The molecule has 0 bridgehead atoms. The van der Waals surface area contributed by atoms with Crippen molar-refractivity contribution < 1.29 is 4.74 Å². The van der Waals surface area contributed by atoms with E-state index in [1.807, 2.05) is 6.07 Å². The SMILES string of the molecule is O=c1[nH]c(-c2cccc(CN3CCCOCC3)c2)nc2c1CCCCC2. The van der Waals surface area contributed by atoms with Crippen molar-refractivity contribution in [3.63, 3.8) is 0 Å². The second-order valence-corrected chi connectivity index (χ2v) is 7.34. The number of ether oxygens (including phenoxy) is 1. The number of nitrogens with zero attached hydrogens (tertiary/aromatic N) is 2. The molecule has 0 radical (unpaired) electrons. The number of rotatable bonds is 3. The van der Waals surface area contributed by atoms with E-state index in [1.54, 1.807) is 0 Å². The van der Waals surface area contributed by atoms with Crippen LogP contribution in [0.4, 0.5) is 0 Å². The van der Waals surface area contributed by atoms with Gasteiger partial charge in [0.25, 0.3) is 5.56 Å². The maximum Gasteiger partial charge on any atom is 0.254 e. The molecule has 1 aliphatic carbocycles. The lowest BCUT2D eigenvalue weighted by Gasteiger charge is -2.19. The highest BCUT2D eigenvalue weighted by molar-refractivity contribution is 5.56. The zero-order chi connectivity index (χ0) is 17.8. The number of hydrogen-bond donors (Lipinski definition) is 1. The highest BCUT2D eigenvalue weighted by atomic mass is 16.5. The van der Waals surface area contributed by atoms with Gasteiger partial charge in [-0.25, -0.2) is 4.98 Å². The molecule has 138 valence electrons. The number of aromatic nitrogens is 2. The summed E-state index contributed by atoms with van der Waals surface area (Å²) in [5.74, 6) is 0.705. The molecule has 0 atom stereocenters. The first-order valence-electron chi connectivity index (χ1n) is 9.81. The molecule has 5 heteroatoms. The van der Waals surface area contributed by atoms with Gasteiger partial charge in [-0.2, -0.15) is 0 Å². The van der Waals surface area contributed by atoms with Crippen LogP contribution >= 0.6 is 0 Å². The highest BCUT2D eigenvalue weighted by Crippen LogP contribution is 2.21. The van der Waals surface area contributed by atoms with Crippen LogP contribution in [0.15, 0.2) is 29.1 Å². The predicted molar refractivity (Wildman–Crippen MR) is 102 cm³/mol. The Balaban J connectivity index is 1.59. The van der Waals surface area contributed by atoms with E-state index in [9.17, 15) is 4.79 Å². The van der Waals surface area contributed by atoms with Gasteiger partial charge in [0.1, 0.15) is 5.82 Å². The maximum atomic E-state index is 12.5. The summed E-state index contributed by atoms with van der Waals surface area (Å²) in [7, 11) is 0. The second-order valence-electron chi connectivity index (χ2n) is 7.34. The fourth-order valence-corrected chi connectivity index (χ4v) is 3.95. The van der Waals surface area contributed by atoms with Gasteiger partial charge in [-0.1, -0.05) is 24.6 Å². The number of fused-ring (bicyclic) bond motifs is 1. The van der Waals surface area contributed by atoms with E-state index in [4.69, 9.17) is 9.72 Å². The van der Waals surface area contributed by atoms with Gasteiger partial charge >= 0.3 is 0 Å². The number of H-pyrrole nitrogens is 1. The van der Waals surface area contributed by atoms with E-state index in [2.05, 4.69) is 28.1 Å². The Labute approximate surface area is 154 Å². The Kier molecular flexibility index (Phi) is 5.46. The molecule has 0 saturated carbocycles. The van der Waals surface area contributed by atoms with Crippen molar-refractivity contribution in [3.05, 3.63) is 51.4 Å². The normalized spacial score (nSPS) is 18.8. The zero-order valence-electron chi connectivity index (χ0n) is 15.3. The first-order valence-corrected chi connectivity index (χ1v) is 9.81. The van der Waals surface area contributed by atoms with Crippen LogP contribution in [0.25, 0.3) is 11.4 Å². The molecule has 4 rings (SSSR count). The number of benzene rings is 1. The van der Waals surface area contributed by atoms with Crippen LogP contribution in [0, 0.1) is 0 Å². The quantitative estimate of drug-likeness (QED) is 0.862. The summed E-state index contributed by atoms with van der Waals surface area (Å²) in [5.41, 5.74) is 4.19. The lowest BCUT2D eigenvalue weighted by Crippen LogP contribution is -2.25. The summed E-state index contributed by atoms with van der Waals surface area (Å²) < 4.78 is 5.54. The topological polar surface area (TPSA) is 58.2 Å². The molecule has 26 heavy (non-hydrogen) atoms. The van der Waals surface area contributed by atoms with Crippen LogP contribution in [-0.2, 0) is 24.1 Å². The molecule has 1 saturated heterocycles. The number of nitrogens with one attached hydrogen (secondary N) is 1. The molecule has 2 aromatic rings. The van der Waals surface area contributed by atoms with Gasteiger partial charge in [-0.05, 0) is 43.7 Å². The third kappa shape index (κ3) is 4.05. The minimum absolute atomic E-state index is 0.0435. The summed E-state index contributed by atoms with van der Waals surface area (Å²) in [6.07, 6.45) is 6.25. The van der Waals surface area contributed by atoms with E-state index < -0.39 is 0 Å². The molecule has 1 aromatic heterocycles. The minimum Gasteiger partial charge on any atom is -0.380 e. The Morgan fingerprint density at radius 3 is 2.96 bits per heavy atom. The molecular weight excluding hydrogens is 326 g/mol. The molecule has 5 nitrogen and oxygen atoms in total. The van der Waals surface area contributed by atoms with Crippen molar-refractivity contribution in [2.75, 3.05) is 26.3 Å². The monoisotopic (exact) mass is 353 g/mol. The molecule has 1 aliphatic heterocycles. The number of aromatic amines is 1. The largest absolute Gasteiger partial charge is 0.380 e. The Bertz CT molecular complexity index is 807. The summed E-state index contributed by atoms with van der Waals surface area (Å²) in [6, 6.07) is 8.41. The average Bonchev–Trinajstić information content (AvgIpc) is 3.05. The molecule has 0 spiro atoms. The van der Waals surface area contributed by atoms with Gasteiger partial charge in [-0.3, -0.25) is 9.69 Å². The van der Waals surface area contributed by atoms with E-state index >= 15 is 0 Å². The van der Waals surface area contributed by atoms with Crippen LogP contribution in [0.5, 0.6) is 0 Å². The van der Waals surface area contributed by atoms with Crippen molar-refractivity contribution in [2.24, 2.45) is 0 Å². The number of hydrogen-bond acceptors (Lipinski definition) is 4. The van der Waals surface area contributed by atoms with Gasteiger partial charge in [-0.15, -0.1) is 0 Å². The van der Waals surface area contributed by atoms with Gasteiger partial charge in [0.05, 0.1) is 12.3 Å². The van der Waals surface area contributed by atoms with Crippen molar-refractivity contribution in [2.45, 2.75) is 45.1 Å². The Morgan fingerprint density at radius 2 is 2.00 bits per heavy atom. The molecule has 0 amide bonds. The summed E-state index contributed by atoms with van der Waals surface area (Å²) >= 11 is 0. The summed E-state index contributed by atoms with van der Waals surface area (Å²) in [4.78, 5) is 22.8. The lowest BCUT2D eigenvalue weighted by atomic mass is 10.1. The fourth-order valence-electron chi connectivity index (χ4n) is 3.95. The van der Waals surface area contributed by atoms with Crippen LogP contribution in [0.2, 0.25) is 0 Å². The minimum atomic E-state index is 0.0435. The van der Waals surface area contributed by atoms with Gasteiger partial charge in [0, 0.05) is 37.4 Å². The van der Waals surface area contributed by atoms with Gasteiger partial charge in [0.15, 0.2) is 0 Å². The van der Waals surface area contributed by atoms with Crippen LogP contribution in [-0.4, -0.2) is 41.2 Å². The van der Waals surface area contributed by atoms with Crippen molar-refractivity contribution in [3.8, 4) is 11.4 Å². The zero-order valence-corrected chi connectivity index (χ0v) is 15.3. The molecule has 2 aliphatic rings. The molecular formula is C21H27N3O2. The third-order valence-electron chi connectivity index (χ3n) is 5.36. The van der Waals surface area contributed by atoms with E-state index in [0.29, 0.717) is 5.82 Å². The van der Waals surface area contributed by atoms with Crippen molar-refractivity contribution in [1.29, 1.82) is 0 Å². The lowest BCUT2D eigenvalue weighted by molar-refractivity contribution is 0.140. The second kappa shape index (κ2) is 8.14. The van der Waals surface area contributed by atoms with Crippen molar-refractivity contribution in [1.82, 2.24) is 14.9 Å².